The van der Waals surface area contributed by atoms with E-state index in [1.807, 2.05) is 18.2 Å². The molecule has 0 aliphatic heterocycles. The van der Waals surface area contributed by atoms with E-state index in [-0.39, 0.29) is 0 Å². The first-order valence-electron chi connectivity index (χ1n) is 6.46. The molecule has 21 heavy (non-hydrogen) atoms. The van der Waals surface area contributed by atoms with Crippen LogP contribution in [0.15, 0.2) is 46.9 Å². The summed E-state index contributed by atoms with van der Waals surface area (Å²) in [7, 11) is 1.68. The lowest BCUT2D eigenvalue weighted by molar-refractivity contribution is 0.415. The van der Waals surface area contributed by atoms with Gasteiger partial charge in [0.1, 0.15) is 5.75 Å². The Morgan fingerprint density at radius 2 is 1.81 bits per heavy atom. The molecule has 0 atom stereocenters. The van der Waals surface area contributed by atoms with Gasteiger partial charge in [-0.2, -0.15) is 0 Å². The van der Waals surface area contributed by atoms with Crippen LogP contribution in [0.1, 0.15) is 0 Å². The molecular weight excluding hydrogens is 368 g/mol. The van der Waals surface area contributed by atoms with Gasteiger partial charge < -0.3 is 4.74 Å². The van der Waals surface area contributed by atoms with Crippen LogP contribution in [0.3, 0.4) is 0 Å². The lowest BCUT2D eigenvalue weighted by atomic mass is 10.1. The predicted molar refractivity (Wildman–Crippen MR) is 96.1 cm³/mol. The fraction of sp³-hybridized carbons (Fsp3) is 0.0588. The molecule has 1 heterocycles. The summed E-state index contributed by atoms with van der Waals surface area (Å²) in [4.78, 5) is 0. The molecule has 0 fully saturated rings. The zero-order valence-corrected chi connectivity index (χ0v) is 14.3. The number of benzene rings is 3. The second-order valence-electron chi connectivity index (χ2n) is 4.87. The van der Waals surface area contributed by atoms with Crippen molar-refractivity contribution in [3.05, 3.63) is 52.0 Å². The highest BCUT2D eigenvalue weighted by Crippen LogP contribution is 2.45. The first kappa shape index (κ1) is 13.4. The van der Waals surface area contributed by atoms with Crippen LogP contribution in [-0.4, -0.2) is 7.11 Å². The normalized spacial score (nSPS) is 11.6. The highest BCUT2D eigenvalue weighted by Gasteiger charge is 2.15. The molecule has 1 aromatic heterocycles. The number of thiophene rings is 1. The van der Waals surface area contributed by atoms with Gasteiger partial charge in [-0.3, -0.25) is 0 Å². The molecule has 0 saturated heterocycles. The summed E-state index contributed by atoms with van der Waals surface area (Å²) in [6.07, 6.45) is 0. The number of ether oxygens (including phenoxy) is 1. The van der Waals surface area contributed by atoms with Gasteiger partial charge in [0.2, 0.25) is 0 Å². The van der Waals surface area contributed by atoms with Gasteiger partial charge >= 0.3 is 0 Å². The van der Waals surface area contributed by atoms with E-state index in [0.717, 1.165) is 31.4 Å². The zero-order valence-electron chi connectivity index (χ0n) is 11.1. The summed E-state index contributed by atoms with van der Waals surface area (Å²) in [5.41, 5.74) is 0. The van der Waals surface area contributed by atoms with Gasteiger partial charge in [0.05, 0.1) is 12.1 Å². The first-order valence-corrected chi connectivity index (χ1v) is 8.45. The minimum atomic E-state index is 0.820. The summed E-state index contributed by atoms with van der Waals surface area (Å²) in [5.74, 6) is 0.849. The largest absolute Gasteiger partial charge is 0.497 e. The number of fused-ring (bicyclic) bond motifs is 4. The van der Waals surface area contributed by atoms with Crippen molar-refractivity contribution < 1.29 is 4.74 Å². The van der Waals surface area contributed by atoms with Crippen LogP contribution in [0.5, 0.6) is 5.75 Å². The van der Waals surface area contributed by atoms with Crippen LogP contribution >= 0.6 is 38.9 Å². The molecule has 1 nitrogen and oxygen atoms in total. The Morgan fingerprint density at radius 1 is 1.05 bits per heavy atom. The molecule has 0 N–H and O–H groups in total. The molecule has 0 aliphatic rings. The highest BCUT2D eigenvalue weighted by atomic mass is 79.9. The Morgan fingerprint density at radius 3 is 2.62 bits per heavy atom. The molecule has 0 aliphatic carbocycles. The minimum Gasteiger partial charge on any atom is -0.497 e. The summed E-state index contributed by atoms with van der Waals surface area (Å²) in [5, 5.41) is 5.36. The van der Waals surface area contributed by atoms with E-state index in [1.54, 1.807) is 18.4 Å². The van der Waals surface area contributed by atoms with Gasteiger partial charge in [0.25, 0.3) is 0 Å². The second-order valence-corrected chi connectivity index (χ2v) is 7.19. The maximum absolute atomic E-state index is 6.69. The van der Waals surface area contributed by atoms with E-state index in [9.17, 15) is 0 Å². The molecule has 0 saturated carbocycles. The molecule has 3 aromatic carbocycles. The monoisotopic (exact) mass is 376 g/mol. The van der Waals surface area contributed by atoms with E-state index in [2.05, 4.69) is 40.2 Å². The van der Waals surface area contributed by atoms with Crippen molar-refractivity contribution in [2.45, 2.75) is 0 Å². The predicted octanol–water partition coefficient (Wildman–Crippen LogP) is 6.63. The van der Waals surface area contributed by atoms with Crippen LogP contribution in [0.25, 0.3) is 30.9 Å². The molecule has 0 bridgehead atoms. The molecule has 4 rings (SSSR count). The van der Waals surface area contributed by atoms with Gasteiger partial charge in [-0.25, -0.2) is 0 Å². The summed E-state index contributed by atoms with van der Waals surface area (Å²) >= 11 is 12.1. The Labute approximate surface area is 139 Å². The van der Waals surface area contributed by atoms with Gasteiger partial charge in [0.15, 0.2) is 0 Å². The van der Waals surface area contributed by atoms with Crippen molar-refractivity contribution in [1.82, 2.24) is 0 Å². The van der Waals surface area contributed by atoms with Crippen molar-refractivity contribution in [3.63, 3.8) is 0 Å². The third-order valence-electron chi connectivity index (χ3n) is 3.68. The molecule has 4 heteroatoms. The molecule has 0 amide bonds. The topological polar surface area (TPSA) is 9.23 Å². The quantitative estimate of drug-likeness (QED) is 0.361. The van der Waals surface area contributed by atoms with Crippen molar-refractivity contribution in [1.29, 1.82) is 0 Å². The average molecular weight is 378 g/mol. The number of rotatable bonds is 1. The van der Waals surface area contributed by atoms with Crippen LogP contribution in [0.2, 0.25) is 5.02 Å². The highest BCUT2D eigenvalue weighted by molar-refractivity contribution is 9.10. The second kappa shape index (κ2) is 4.87. The third kappa shape index (κ3) is 1.95. The molecular formula is C17H10BrClOS. The number of methoxy groups -OCH3 is 1. The Balaban J connectivity index is 2.25. The lowest BCUT2D eigenvalue weighted by Gasteiger charge is -2.05. The van der Waals surface area contributed by atoms with Crippen LogP contribution in [0, 0.1) is 0 Å². The fourth-order valence-corrected chi connectivity index (χ4v) is 5.12. The summed E-state index contributed by atoms with van der Waals surface area (Å²) < 4.78 is 8.74. The van der Waals surface area contributed by atoms with E-state index >= 15 is 0 Å². The van der Waals surface area contributed by atoms with Crippen molar-refractivity contribution in [2.75, 3.05) is 7.11 Å². The molecule has 0 unspecified atom stereocenters. The SMILES string of the molecule is COc1cc(Br)c2c(c1)sc1cc3ccccc3c(Cl)c12. The first-order chi connectivity index (χ1) is 10.2. The molecule has 104 valence electrons. The summed E-state index contributed by atoms with van der Waals surface area (Å²) in [6.45, 7) is 0. The van der Waals surface area contributed by atoms with Crippen molar-refractivity contribution in [3.8, 4) is 5.75 Å². The van der Waals surface area contributed by atoms with Crippen LogP contribution < -0.4 is 4.74 Å². The third-order valence-corrected chi connectivity index (χ3v) is 5.78. The van der Waals surface area contributed by atoms with Crippen LogP contribution in [-0.2, 0) is 0 Å². The van der Waals surface area contributed by atoms with Crippen LogP contribution in [0.4, 0.5) is 0 Å². The Bertz CT molecular complexity index is 1010. The molecule has 0 spiro atoms. The van der Waals surface area contributed by atoms with Crippen molar-refractivity contribution >= 4 is 69.8 Å². The number of hydrogen-bond donors (Lipinski definition) is 0. The minimum absolute atomic E-state index is 0.820. The van der Waals surface area contributed by atoms with Gasteiger partial charge in [-0.1, -0.05) is 35.9 Å². The van der Waals surface area contributed by atoms with Crippen molar-refractivity contribution in [2.24, 2.45) is 0 Å². The Hall–Kier alpha value is -1.29. The van der Waals surface area contributed by atoms with Gasteiger partial charge in [-0.15, -0.1) is 11.3 Å². The van der Waals surface area contributed by atoms with E-state index in [0.29, 0.717) is 0 Å². The standard InChI is InChI=1S/C17H10BrClOS/c1-20-10-7-12(18)15-14(8-10)21-13-6-9-4-2-3-5-11(9)17(19)16(13)15/h2-8H,1H3. The number of halogens is 2. The molecule has 4 aromatic rings. The maximum Gasteiger partial charge on any atom is 0.121 e. The maximum atomic E-state index is 6.69. The average Bonchev–Trinajstić information content (AvgIpc) is 2.86. The van der Waals surface area contributed by atoms with E-state index < -0.39 is 0 Å². The van der Waals surface area contributed by atoms with Gasteiger partial charge in [-0.05, 0) is 39.5 Å². The number of hydrogen-bond acceptors (Lipinski definition) is 2. The fourth-order valence-electron chi connectivity index (χ4n) is 2.71. The molecule has 0 radical (unpaired) electrons. The Kier molecular flexibility index (Phi) is 3.10. The lowest BCUT2D eigenvalue weighted by Crippen LogP contribution is -1.82. The zero-order chi connectivity index (χ0) is 14.6. The van der Waals surface area contributed by atoms with E-state index in [1.165, 1.54) is 14.8 Å². The summed E-state index contributed by atoms with van der Waals surface area (Å²) in [6, 6.07) is 14.5. The van der Waals surface area contributed by atoms with Gasteiger partial charge in [0, 0.05) is 30.0 Å². The smallest absolute Gasteiger partial charge is 0.121 e. The van der Waals surface area contributed by atoms with E-state index in [4.69, 9.17) is 16.3 Å².